The van der Waals surface area contributed by atoms with E-state index in [1.807, 2.05) is 0 Å². The summed E-state index contributed by atoms with van der Waals surface area (Å²) in [7, 11) is 0. The minimum absolute atomic E-state index is 0.0918. The zero-order valence-corrected chi connectivity index (χ0v) is 12.5. The zero-order chi connectivity index (χ0) is 15.6. The third-order valence-corrected chi connectivity index (χ3v) is 3.70. The SMILES string of the molecule is CCOc1c(/C(C)=N/O)cc(Cl)c(F)c1[C@H]1CNC(=O)C1. The van der Waals surface area contributed by atoms with Crippen molar-refractivity contribution in [2.24, 2.45) is 5.16 Å². The van der Waals surface area contributed by atoms with Crippen molar-refractivity contribution in [3.8, 4) is 5.75 Å². The highest BCUT2D eigenvalue weighted by molar-refractivity contribution is 6.31. The van der Waals surface area contributed by atoms with Crippen LogP contribution >= 0.6 is 11.6 Å². The van der Waals surface area contributed by atoms with Gasteiger partial charge in [0.15, 0.2) is 0 Å². The Morgan fingerprint density at radius 2 is 2.38 bits per heavy atom. The molecule has 1 aromatic carbocycles. The number of nitrogens with one attached hydrogen (secondary N) is 1. The summed E-state index contributed by atoms with van der Waals surface area (Å²) in [6, 6.07) is 1.37. The van der Waals surface area contributed by atoms with E-state index >= 15 is 0 Å². The maximum atomic E-state index is 14.5. The quantitative estimate of drug-likeness (QED) is 0.510. The Morgan fingerprint density at radius 1 is 1.67 bits per heavy atom. The maximum Gasteiger partial charge on any atom is 0.220 e. The van der Waals surface area contributed by atoms with Crippen molar-refractivity contribution in [3.63, 3.8) is 0 Å². The fraction of sp³-hybridized carbons (Fsp3) is 0.429. The van der Waals surface area contributed by atoms with E-state index in [2.05, 4.69) is 10.5 Å². The molecule has 1 fully saturated rings. The van der Waals surface area contributed by atoms with Gasteiger partial charge in [-0.25, -0.2) is 4.39 Å². The molecular formula is C14H16ClFN2O3. The molecule has 0 unspecified atom stereocenters. The van der Waals surface area contributed by atoms with Gasteiger partial charge in [-0.15, -0.1) is 0 Å². The van der Waals surface area contributed by atoms with Crippen LogP contribution in [-0.4, -0.2) is 30.0 Å². The Morgan fingerprint density at radius 3 is 2.90 bits per heavy atom. The number of rotatable bonds is 4. The van der Waals surface area contributed by atoms with Crippen LogP contribution in [0.3, 0.4) is 0 Å². The van der Waals surface area contributed by atoms with Gasteiger partial charge in [0.1, 0.15) is 11.6 Å². The topological polar surface area (TPSA) is 70.9 Å². The molecule has 5 nitrogen and oxygen atoms in total. The van der Waals surface area contributed by atoms with E-state index in [-0.39, 0.29) is 40.3 Å². The van der Waals surface area contributed by atoms with Crippen molar-refractivity contribution in [1.29, 1.82) is 0 Å². The number of ether oxygens (including phenoxy) is 1. The molecule has 0 aliphatic carbocycles. The lowest BCUT2D eigenvalue weighted by atomic mass is 9.93. The second-order valence-electron chi connectivity index (χ2n) is 4.79. The Bertz CT molecular complexity index is 604. The number of halogens is 2. The molecular weight excluding hydrogens is 299 g/mol. The van der Waals surface area contributed by atoms with Gasteiger partial charge < -0.3 is 15.3 Å². The summed E-state index contributed by atoms with van der Waals surface area (Å²) >= 11 is 5.93. The normalized spacial score (nSPS) is 18.8. The molecule has 0 aromatic heterocycles. The molecule has 1 atom stereocenters. The Labute approximate surface area is 126 Å². The lowest BCUT2D eigenvalue weighted by Gasteiger charge is -2.19. The average Bonchev–Trinajstić information content (AvgIpc) is 2.88. The molecule has 21 heavy (non-hydrogen) atoms. The molecule has 1 aromatic rings. The largest absolute Gasteiger partial charge is 0.493 e. The number of carbonyl (C=O) groups excluding carboxylic acids is 1. The van der Waals surface area contributed by atoms with Crippen LogP contribution in [0.1, 0.15) is 37.3 Å². The van der Waals surface area contributed by atoms with E-state index in [9.17, 15) is 9.18 Å². The predicted octanol–water partition coefficient (Wildman–Crippen LogP) is 2.68. The molecule has 1 aliphatic heterocycles. The Hall–Kier alpha value is -1.82. The van der Waals surface area contributed by atoms with Gasteiger partial charge in [0.25, 0.3) is 0 Å². The highest BCUT2D eigenvalue weighted by Gasteiger charge is 2.31. The minimum atomic E-state index is -0.601. The van der Waals surface area contributed by atoms with E-state index in [4.69, 9.17) is 21.5 Å². The van der Waals surface area contributed by atoms with Gasteiger partial charge in [0, 0.05) is 30.0 Å². The van der Waals surface area contributed by atoms with E-state index in [1.54, 1.807) is 13.8 Å². The first-order valence-electron chi connectivity index (χ1n) is 6.60. The number of benzene rings is 1. The van der Waals surface area contributed by atoms with Crippen LogP contribution in [0, 0.1) is 5.82 Å². The third-order valence-electron chi connectivity index (χ3n) is 3.42. The van der Waals surface area contributed by atoms with Crippen LogP contribution in [0.5, 0.6) is 5.75 Å². The first kappa shape index (κ1) is 15.6. The number of amides is 1. The van der Waals surface area contributed by atoms with Gasteiger partial charge in [-0.2, -0.15) is 0 Å². The summed E-state index contributed by atoms with van der Waals surface area (Å²) in [5.74, 6) is -0.828. The first-order valence-corrected chi connectivity index (χ1v) is 6.97. The van der Waals surface area contributed by atoms with Gasteiger partial charge >= 0.3 is 0 Å². The summed E-state index contributed by atoms with van der Waals surface area (Å²) < 4.78 is 20.0. The fourth-order valence-electron chi connectivity index (χ4n) is 2.43. The van der Waals surface area contributed by atoms with E-state index in [0.29, 0.717) is 18.7 Å². The predicted molar refractivity (Wildman–Crippen MR) is 76.9 cm³/mol. The van der Waals surface area contributed by atoms with Gasteiger partial charge in [-0.1, -0.05) is 16.8 Å². The smallest absolute Gasteiger partial charge is 0.220 e. The number of hydrogen-bond acceptors (Lipinski definition) is 4. The summed E-state index contributed by atoms with van der Waals surface area (Å²) in [6.07, 6.45) is 0.173. The van der Waals surface area contributed by atoms with Crippen molar-refractivity contribution < 1.29 is 19.1 Å². The van der Waals surface area contributed by atoms with E-state index in [1.165, 1.54) is 6.07 Å². The van der Waals surface area contributed by atoms with Crippen molar-refractivity contribution in [1.82, 2.24) is 5.32 Å². The monoisotopic (exact) mass is 314 g/mol. The van der Waals surface area contributed by atoms with E-state index < -0.39 is 5.82 Å². The summed E-state index contributed by atoms with van der Waals surface area (Å²) in [6.45, 7) is 3.97. The van der Waals surface area contributed by atoms with Crippen LogP contribution in [-0.2, 0) is 4.79 Å². The number of hydrogen-bond donors (Lipinski definition) is 2. The molecule has 114 valence electrons. The third kappa shape index (κ3) is 2.95. The van der Waals surface area contributed by atoms with Crippen molar-refractivity contribution in [2.45, 2.75) is 26.2 Å². The maximum absolute atomic E-state index is 14.5. The standard InChI is InChI=1S/C14H16ClFN2O3/c1-3-21-14-9(7(2)18-20)5-10(15)13(16)12(14)8-4-11(19)17-6-8/h5,8,20H,3-4,6H2,1-2H3,(H,17,19)/b18-7+/t8-/m1/s1. The minimum Gasteiger partial charge on any atom is -0.493 e. The fourth-order valence-corrected chi connectivity index (χ4v) is 2.64. The summed E-state index contributed by atoms with van der Waals surface area (Å²) in [4.78, 5) is 11.4. The zero-order valence-electron chi connectivity index (χ0n) is 11.7. The number of oxime groups is 1. The molecule has 1 saturated heterocycles. The van der Waals surface area contributed by atoms with Crippen LogP contribution < -0.4 is 10.1 Å². The molecule has 2 N–H and O–H groups in total. The molecule has 0 bridgehead atoms. The van der Waals surface area contributed by atoms with Crippen molar-refractivity contribution in [3.05, 3.63) is 28.0 Å². The Kier molecular flexibility index (Phi) is 4.67. The summed E-state index contributed by atoms with van der Waals surface area (Å²) in [5, 5.41) is 14.7. The van der Waals surface area contributed by atoms with Crippen LogP contribution in [0.15, 0.2) is 11.2 Å². The van der Waals surface area contributed by atoms with Crippen molar-refractivity contribution in [2.75, 3.05) is 13.2 Å². The highest BCUT2D eigenvalue weighted by Crippen LogP contribution is 2.39. The van der Waals surface area contributed by atoms with Gasteiger partial charge in [0.05, 0.1) is 17.3 Å². The second kappa shape index (κ2) is 6.30. The Balaban J connectivity index is 2.64. The van der Waals surface area contributed by atoms with Crippen LogP contribution in [0.2, 0.25) is 5.02 Å². The number of nitrogens with zero attached hydrogens (tertiary/aromatic N) is 1. The molecule has 1 aliphatic rings. The van der Waals surface area contributed by atoms with Crippen LogP contribution in [0.25, 0.3) is 0 Å². The molecule has 7 heteroatoms. The van der Waals surface area contributed by atoms with Gasteiger partial charge in [-0.3, -0.25) is 4.79 Å². The lowest BCUT2D eigenvalue weighted by molar-refractivity contribution is -0.119. The van der Waals surface area contributed by atoms with Gasteiger partial charge in [-0.05, 0) is 19.9 Å². The molecule has 0 radical (unpaired) electrons. The average molecular weight is 315 g/mol. The molecule has 1 heterocycles. The second-order valence-corrected chi connectivity index (χ2v) is 5.19. The molecule has 0 saturated carbocycles. The van der Waals surface area contributed by atoms with Gasteiger partial charge in [0.2, 0.25) is 5.91 Å². The highest BCUT2D eigenvalue weighted by atomic mass is 35.5. The van der Waals surface area contributed by atoms with Crippen molar-refractivity contribution >= 4 is 23.2 Å². The van der Waals surface area contributed by atoms with E-state index in [0.717, 1.165) is 0 Å². The molecule has 1 amide bonds. The van der Waals surface area contributed by atoms with Crippen LogP contribution in [0.4, 0.5) is 4.39 Å². The first-order chi connectivity index (χ1) is 9.99. The molecule has 0 spiro atoms. The summed E-state index contributed by atoms with van der Waals surface area (Å²) in [5.41, 5.74) is 0.930. The number of carbonyl (C=O) groups is 1. The molecule has 2 rings (SSSR count). The lowest BCUT2D eigenvalue weighted by Crippen LogP contribution is -2.15.